The number of aromatic hydroxyl groups is 1. The molecular weight excluding hydrogens is 1030 g/mol. The third-order valence-electron chi connectivity index (χ3n) is 13.9. The van der Waals surface area contributed by atoms with Crippen molar-refractivity contribution >= 4 is 76.2 Å². The van der Waals surface area contributed by atoms with Gasteiger partial charge in [-0.1, -0.05) is 73.3 Å². The Hall–Kier alpha value is -6.75. The number of ether oxygens (including phenoxy) is 1. The lowest BCUT2D eigenvalue weighted by atomic mass is 9.93. The number of esters is 1. The third kappa shape index (κ3) is 20.9. The number of anilines is 1. The number of nitrogens with zero attached hydrogens (tertiary/aromatic N) is 3. The number of benzene rings is 1. The number of imide groups is 1. The molecule has 0 radical (unpaired) electrons. The lowest BCUT2D eigenvalue weighted by molar-refractivity contribution is -0.148. The number of carbonyl (C=O) groups is 10. The monoisotopic (exact) mass is 1110 g/mol. The van der Waals surface area contributed by atoms with Crippen LogP contribution in [0.4, 0.5) is 5.69 Å². The van der Waals surface area contributed by atoms with Crippen LogP contribution in [0, 0.1) is 17.8 Å². The Balaban J connectivity index is 1.68. The standard InChI is InChI=1S/C55H83N9O13S/c1-12-14-15-18-38(58-45(68)20-17-26-64-46(69)23-24-47(64)70)49(71)56-25-16-19-44(67)59-40-29-36(21-22-42(40)66)28-37(27-34(6)53(74)75)57-50(72)41-31-78-52(61-41)43(77-35(7)65)30-39(32(3)4)60-51(73)48(33(5)13-2)62-54(76)55(8,9)63(10)11/h21-24,29,31-34,37-39,43,48,66H,12-20,25-28,30H2,1-11H3,(H,56,71)(H,57,72)(H,58,68)(H,59,67)(H,60,73)(H,62,76)(H,74,75)/t33-,34?,37+,38-,39+,43+,48-/m0/s1. The molecule has 0 saturated heterocycles. The summed E-state index contributed by atoms with van der Waals surface area (Å²) in [6.45, 7) is 16.0. The first-order valence-electron chi connectivity index (χ1n) is 26.9. The fraction of sp³-hybridized carbons (Fsp3) is 0.618. The van der Waals surface area contributed by atoms with Crippen molar-refractivity contribution in [2.24, 2.45) is 17.8 Å². The fourth-order valence-corrected chi connectivity index (χ4v) is 9.06. The van der Waals surface area contributed by atoms with Gasteiger partial charge in [-0.3, -0.25) is 57.7 Å². The van der Waals surface area contributed by atoms with Crippen LogP contribution in [0.3, 0.4) is 0 Å². The van der Waals surface area contributed by atoms with E-state index in [9.17, 15) is 58.2 Å². The summed E-state index contributed by atoms with van der Waals surface area (Å²) in [4.78, 5) is 136. The lowest BCUT2D eigenvalue weighted by Gasteiger charge is -2.35. The number of nitrogens with one attached hydrogen (secondary N) is 6. The van der Waals surface area contributed by atoms with Gasteiger partial charge in [-0.05, 0) is 89.6 Å². The molecule has 3 rings (SSSR count). The first kappa shape index (κ1) is 65.5. The first-order valence-corrected chi connectivity index (χ1v) is 27.7. The molecule has 1 aliphatic heterocycles. The Morgan fingerprint density at radius 2 is 1.51 bits per heavy atom. The highest BCUT2D eigenvalue weighted by atomic mass is 32.1. The SMILES string of the molecule is CCCCC[C@H](NC(=O)CCCN1C(=O)C=CC1=O)C(=O)NCCCC(=O)Nc1cc(C[C@@H](CC(C)C(=O)O)NC(=O)c2csc([C@@H](C[C@@H](NC(=O)[C@@H](NC(=O)C(C)(C)N(C)C)[C@@H](C)CC)C(C)C)OC(C)=O)n2)ccc1O. The molecule has 2 heterocycles. The molecule has 1 aromatic carbocycles. The number of phenolic OH excluding ortho intramolecular Hbond substituents is 1. The van der Waals surface area contributed by atoms with Gasteiger partial charge in [-0.25, -0.2) is 4.98 Å². The number of aromatic nitrogens is 1. The minimum absolute atomic E-state index is 0.000465. The molecule has 8 N–H and O–H groups in total. The number of thiazole rings is 1. The van der Waals surface area contributed by atoms with Crippen molar-refractivity contribution in [3.8, 4) is 5.75 Å². The molecule has 0 aliphatic carbocycles. The van der Waals surface area contributed by atoms with E-state index in [0.717, 1.165) is 29.1 Å². The summed E-state index contributed by atoms with van der Waals surface area (Å²) in [5.41, 5.74) is -0.321. The van der Waals surface area contributed by atoms with Gasteiger partial charge in [-0.2, -0.15) is 0 Å². The summed E-state index contributed by atoms with van der Waals surface area (Å²) in [6.07, 6.45) is 5.35. The van der Waals surface area contributed by atoms with Crippen molar-refractivity contribution in [1.82, 2.24) is 41.4 Å². The van der Waals surface area contributed by atoms with Gasteiger partial charge in [0.15, 0.2) is 6.10 Å². The second-order valence-corrected chi connectivity index (χ2v) is 22.0. The Labute approximate surface area is 462 Å². The molecule has 23 heteroatoms. The van der Waals surface area contributed by atoms with Crippen molar-refractivity contribution in [3.63, 3.8) is 0 Å². The Bertz CT molecular complexity index is 2440. The highest BCUT2D eigenvalue weighted by Gasteiger charge is 2.37. The van der Waals surface area contributed by atoms with E-state index in [1.54, 1.807) is 38.9 Å². The summed E-state index contributed by atoms with van der Waals surface area (Å²) >= 11 is 1.07. The summed E-state index contributed by atoms with van der Waals surface area (Å²) in [6, 6.07) is 1.43. The number of carboxylic acid groups (broad SMARTS) is 1. The van der Waals surface area contributed by atoms with Gasteiger partial charge in [0.2, 0.25) is 29.5 Å². The number of amides is 8. The molecule has 2 aromatic rings. The maximum absolute atomic E-state index is 13.9. The average Bonchev–Trinajstić information content (AvgIpc) is 4.00. The summed E-state index contributed by atoms with van der Waals surface area (Å²) in [5.74, 6) is -6.76. The van der Waals surface area contributed by atoms with Crippen molar-refractivity contribution in [2.75, 3.05) is 32.5 Å². The number of aliphatic carboxylic acids is 1. The number of phenols is 1. The van der Waals surface area contributed by atoms with Crippen LogP contribution < -0.4 is 31.9 Å². The minimum Gasteiger partial charge on any atom is -0.506 e. The van der Waals surface area contributed by atoms with Gasteiger partial charge in [0.25, 0.3) is 17.7 Å². The molecule has 1 unspecified atom stereocenters. The molecular formula is C55H83N9O13S. The van der Waals surface area contributed by atoms with E-state index in [2.05, 4.69) is 36.9 Å². The molecule has 8 amide bonds. The number of rotatable bonds is 34. The smallest absolute Gasteiger partial charge is 0.306 e. The Morgan fingerprint density at radius 1 is 0.846 bits per heavy atom. The van der Waals surface area contributed by atoms with E-state index >= 15 is 0 Å². The highest BCUT2D eigenvalue weighted by molar-refractivity contribution is 7.09. The first-order chi connectivity index (χ1) is 36.7. The molecule has 1 aromatic heterocycles. The van der Waals surface area contributed by atoms with E-state index in [-0.39, 0.29) is 97.9 Å². The van der Waals surface area contributed by atoms with E-state index in [0.29, 0.717) is 24.8 Å². The molecule has 0 spiro atoms. The normalized spacial score (nSPS) is 15.2. The van der Waals surface area contributed by atoms with E-state index in [1.807, 2.05) is 34.6 Å². The molecule has 7 atom stereocenters. The van der Waals surface area contributed by atoms with Crippen LogP contribution in [0.15, 0.2) is 35.7 Å². The number of unbranched alkanes of at least 4 members (excludes halogenated alkanes) is 2. The van der Waals surface area contributed by atoms with Gasteiger partial charge < -0.3 is 46.9 Å². The Morgan fingerprint density at radius 3 is 2.12 bits per heavy atom. The van der Waals surface area contributed by atoms with E-state index in [1.165, 1.54) is 43.5 Å². The fourth-order valence-electron chi connectivity index (χ4n) is 8.22. The molecule has 0 bridgehead atoms. The predicted octanol–water partition coefficient (Wildman–Crippen LogP) is 4.91. The second-order valence-electron chi connectivity index (χ2n) is 21.1. The number of carbonyl (C=O) groups excluding carboxylic acids is 9. The van der Waals surface area contributed by atoms with Gasteiger partial charge in [0.05, 0.1) is 17.1 Å². The van der Waals surface area contributed by atoms with Gasteiger partial charge in [-0.15, -0.1) is 11.3 Å². The summed E-state index contributed by atoms with van der Waals surface area (Å²) in [7, 11) is 3.55. The molecule has 1 aliphatic rings. The van der Waals surface area contributed by atoms with Crippen LogP contribution in [0.2, 0.25) is 0 Å². The number of hydrogen-bond acceptors (Lipinski definition) is 15. The van der Waals surface area contributed by atoms with Crippen LogP contribution in [0.25, 0.3) is 0 Å². The van der Waals surface area contributed by atoms with Crippen molar-refractivity contribution in [2.45, 2.75) is 175 Å². The third-order valence-corrected chi connectivity index (χ3v) is 14.9. The van der Waals surface area contributed by atoms with Crippen molar-refractivity contribution in [1.29, 1.82) is 0 Å². The average molecular weight is 1110 g/mol. The predicted molar refractivity (Wildman–Crippen MR) is 294 cm³/mol. The molecule has 0 fully saturated rings. The zero-order chi connectivity index (χ0) is 58.4. The van der Waals surface area contributed by atoms with Crippen LogP contribution in [-0.2, 0) is 54.3 Å². The minimum atomic E-state index is -1.09. The largest absolute Gasteiger partial charge is 0.506 e. The zero-order valence-corrected chi connectivity index (χ0v) is 47.9. The van der Waals surface area contributed by atoms with Crippen LogP contribution in [-0.4, -0.2) is 141 Å². The molecule has 0 saturated carbocycles. The number of carboxylic acids is 1. The highest BCUT2D eigenvalue weighted by Crippen LogP contribution is 2.30. The van der Waals surface area contributed by atoms with Gasteiger partial charge >= 0.3 is 11.9 Å². The summed E-state index contributed by atoms with van der Waals surface area (Å²) in [5, 5.41) is 39.4. The maximum Gasteiger partial charge on any atom is 0.306 e. The van der Waals surface area contributed by atoms with Crippen molar-refractivity contribution < 1.29 is 62.9 Å². The van der Waals surface area contributed by atoms with Gasteiger partial charge in [0, 0.05) is 68.9 Å². The van der Waals surface area contributed by atoms with Gasteiger partial charge in [0.1, 0.15) is 28.5 Å². The van der Waals surface area contributed by atoms with Crippen molar-refractivity contribution in [3.05, 3.63) is 52.0 Å². The number of hydrogen-bond donors (Lipinski definition) is 8. The maximum atomic E-state index is 13.9. The topological polar surface area (TPSA) is 312 Å². The molecule has 78 heavy (non-hydrogen) atoms. The summed E-state index contributed by atoms with van der Waals surface area (Å²) < 4.78 is 5.73. The molecule has 22 nitrogen and oxygen atoms in total. The zero-order valence-electron chi connectivity index (χ0n) is 47.1. The number of likely N-dealkylation sites (N-methyl/N-ethyl adjacent to an activating group) is 1. The van der Waals surface area contributed by atoms with Crippen LogP contribution in [0.1, 0.15) is 160 Å². The quantitative estimate of drug-likeness (QED) is 0.0200. The van der Waals surface area contributed by atoms with Crippen LogP contribution in [0.5, 0.6) is 5.75 Å². The van der Waals surface area contributed by atoms with Crippen LogP contribution >= 0.6 is 11.3 Å². The second kappa shape index (κ2) is 31.6. The van der Waals surface area contributed by atoms with E-state index < -0.39 is 95.0 Å². The Kier molecular flexibility index (Phi) is 26.6. The van der Waals surface area contributed by atoms with E-state index in [4.69, 9.17) is 4.74 Å². The molecule has 432 valence electrons. The lowest BCUT2D eigenvalue weighted by Crippen LogP contribution is -2.59.